The van der Waals surface area contributed by atoms with Crippen molar-refractivity contribution in [2.24, 2.45) is 0 Å². The molecule has 1 aromatic heterocycles. The molecule has 0 aliphatic heterocycles. The van der Waals surface area contributed by atoms with E-state index in [2.05, 4.69) is 37.4 Å². The molecule has 1 aliphatic rings. The summed E-state index contributed by atoms with van der Waals surface area (Å²) in [5, 5.41) is 7.52. The minimum atomic E-state index is 0.678. The van der Waals surface area contributed by atoms with Crippen LogP contribution in [0.25, 0.3) is 0 Å². The highest BCUT2D eigenvalue weighted by Gasteiger charge is 2.27. The molecule has 1 aromatic rings. The standard InChI is InChI=1S/C6H8IN3/c7-5-1-6(2-5)10-3-8-9-4-10/h3-6H,1-2H2. The van der Waals surface area contributed by atoms with Crippen LogP contribution in [0.3, 0.4) is 0 Å². The molecule has 54 valence electrons. The minimum Gasteiger partial charge on any atom is -0.317 e. The summed E-state index contributed by atoms with van der Waals surface area (Å²) in [5.41, 5.74) is 0. The fourth-order valence-electron chi connectivity index (χ4n) is 1.16. The summed E-state index contributed by atoms with van der Waals surface area (Å²) in [7, 11) is 0. The predicted octanol–water partition coefficient (Wildman–Crippen LogP) is 1.42. The molecular weight excluding hydrogens is 241 g/mol. The van der Waals surface area contributed by atoms with E-state index in [1.807, 2.05) is 0 Å². The van der Waals surface area contributed by atoms with Crippen LogP contribution in [0.1, 0.15) is 18.9 Å². The number of hydrogen-bond acceptors (Lipinski definition) is 2. The molecule has 4 heteroatoms. The molecule has 2 rings (SSSR count). The second-order valence-corrected chi connectivity index (χ2v) is 4.39. The Morgan fingerprint density at radius 2 is 1.90 bits per heavy atom. The van der Waals surface area contributed by atoms with Gasteiger partial charge >= 0.3 is 0 Å². The average Bonchev–Trinajstić information content (AvgIpc) is 2.31. The molecule has 1 fully saturated rings. The maximum atomic E-state index is 3.76. The predicted molar refractivity (Wildman–Crippen MR) is 46.1 cm³/mol. The second kappa shape index (κ2) is 2.48. The van der Waals surface area contributed by atoms with Gasteiger partial charge in [-0.15, -0.1) is 10.2 Å². The van der Waals surface area contributed by atoms with Crippen molar-refractivity contribution >= 4 is 22.6 Å². The van der Waals surface area contributed by atoms with Crippen molar-refractivity contribution in [2.75, 3.05) is 0 Å². The van der Waals surface area contributed by atoms with E-state index in [1.165, 1.54) is 12.8 Å². The molecule has 1 saturated carbocycles. The van der Waals surface area contributed by atoms with Crippen LogP contribution < -0.4 is 0 Å². The van der Waals surface area contributed by atoms with E-state index in [0.29, 0.717) is 6.04 Å². The van der Waals surface area contributed by atoms with Crippen molar-refractivity contribution in [2.45, 2.75) is 22.8 Å². The third-order valence-corrected chi connectivity index (χ3v) is 2.93. The van der Waals surface area contributed by atoms with Crippen LogP contribution in [0.15, 0.2) is 12.7 Å². The first-order chi connectivity index (χ1) is 4.86. The van der Waals surface area contributed by atoms with E-state index >= 15 is 0 Å². The summed E-state index contributed by atoms with van der Waals surface area (Å²) >= 11 is 2.48. The first-order valence-corrected chi connectivity index (χ1v) is 4.59. The highest BCUT2D eigenvalue weighted by molar-refractivity contribution is 14.1. The molecule has 0 unspecified atom stereocenters. The summed E-state index contributed by atoms with van der Waals surface area (Å²) in [6.07, 6.45) is 6.15. The monoisotopic (exact) mass is 249 g/mol. The Kier molecular flexibility index (Phi) is 1.63. The van der Waals surface area contributed by atoms with E-state index in [9.17, 15) is 0 Å². The van der Waals surface area contributed by atoms with E-state index in [-0.39, 0.29) is 0 Å². The molecule has 0 spiro atoms. The number of aromatic nitrogens is 3. The Bertz CT molecular complexity index is 203. The SMILES string of the molecule is IC1CC(n2cnnc2)C1. The van der Waals surface area contributed by atoms with Crippen LogP contribution in [-0.4, -0.2) is 18.7 Å². The largest absolute Gasteiger partial charge is 0.317 e. The summed E-state index contributed by atoms with van der Waals surface area (Å²) < 4.78 is 2.96. The van der Waals surface area contributed by atoms with Gasteiger partial charge in [0, 0.05) is 9.97 Å². The van der Waals surface area contributed by atoms with E-state index < -0.39 is 0 Å². The number of hydrogen-bond donors (Lipinski definition) is 0. The van der Waals surface area contributed by atoms with Crippen molar-refractivity contribution in [3.8, 4) is 0 Å². The zero-order valence-electron chi connectivity index (χ0n) is 5.44. The lowest BCUT2D eigenvalue weighted by molar-refractivity contribution is 0.335. The van der Waals surface area contributed by atoms with Gasteiger partial charge in [-0.1, -0.05) is 22.6 Å². The molecule has 0 bridgehead atoms. The molecule has 0 saturated heterocycles. The number of nitrogens with zero attached hydrogens (tertiary/aromatic N) is 3. The smallest absolute Gasteiger partial charge is 0.119 e. The fourth-order valence-corrected chi connectivity index (χ4v) is 2.34. The molecule has 10 heavy (non-hydrogen) atoms. The quantitative estimate of drug-likeness (QED) is 0.556. The number of rotatable bonds is 1. The van der Waals surface area contributed by atoms with Gasteiger partial charge in [-0.05, 0) is 12.8 Å². The van der Waals surface area contributed by atoms with Gasteiger partial charge < -0.3 is 4.57 Å². The fraction of sp³-hybridized carbons (Fsp3) is 0.667. The lowest BCUT2D eigenvalue weighted by Gasteiger charge is -2.31. The lowest BCUT2D eigenvalue weighted by Crippen LogP contribution is -2.25. The van der Waals surface area contributed by atoms with Crippen molar-refractivity contribution in [3.63, 3.8) is 0 Å². The Morgan fingerprint density at radius 1 is 1.30 bits per heavy atom. The van der Waals surface area contributed by atoms with Gasteiger partial charge in [-0.2, -0.15) is 0 Å². The van der Waals surface area contributed by atoms with E-state index in [4.69, 9.17) is 0 Å². The van der Waals surface area contributed by atoms with Gasteiger partial charge in [0.2, 0.25) is 0 Å². The lowest BCUT2D eigenvalue weighted by atomic mass is 9.93. The van der Waals surface area contributed by atoms with Crippen LogP contribution in [-0.2, 0) is 0 Å². The van der Waals surface area contributed by atoms with Gasteiger partial charge in [0.1, 0.15) is 12.7 Å². The summed E-state index contributed by atoms with van der Waals surface area (Å²) in [6, 6.07) is 0.678. The first-order valence-electron chi connectivity index (χ1n) is 3.34. The molecule has 3 nitrogen and oxygen atoms in total. The summed E-state index contributed by atoms with van der Waals surface area (Å²) in [4.78, 5) is 0. The Labute approximate surface area is 73.0 Å². The van der Waals surface area contributed by atoms with Crippen molar-refractivity contribution in [1.29, 1.82) is 0 Å². The first kappa shape index (κ1) is 6.57. The van der Waals surface area contributed by atoms with Crippen LogP contribution in [0.2, 0.25) is 0 Å². The number of halogens is 1. The van der Waals surface area contributed by atoms with Crippen LogP contribution >= 0.6 is 22.6 Å². The maximum Gasteiger partial charge on any atom is 0.119 e. The average molecular weight is 249 g/mol. The topological polar surface area (TPSA) is 30.7 Å². The van der Waals surface area contributed by atoms with Crippen molar-refractivity contribution < 1.29 is 0 Å². The van der Waals surface area contributed by atoms with E-state index in [0.717, 1.165) is 3.92 Å². The van der Waals surface area contributed by atoms with Gasteiger partial charge in [-0.25, -0.2) is 0 Å². The molecule has 1 aliphatic carbocycles. The highest BCUT2D eigenvalue weighted by Crippen LogP contribution is 2.36. The third kappa shape index (κ3) is 1.04. The van der Waals surface area contributed by atoms with Crippen molar-refractivity contribution in [3.05, 3.63) is 12.7 Å². The van der Waals surface area contributed by atoms with E-state index in [1.54, 1.807) is 12.7 Å². The second-order valence-electron chi connectivity index (χ2n) is 2.63. The highest BCUT2D eigenvalue weighted by atomic mass is 127. The zero-order valence-corrected chi connectivity index (χ0v) is 7.60. The molecular formula is C6H8IN3. The Morgan fingerprint density at radius 3 is 2.40 bits per heavy atom. The van der Waals surface area contributed by atoms with Gasteiger partial charge in [0.25, 0.3) is 0 Å². The molecule has 0 aromatic carbocycles. The van der Waals surface area contributed by atoms with Crippen LogP contribution in [0.4, 0.5) is 0 Å². The van der Waals surface area contributed by atoms with Gasteiger partial charge in [0.15, 0.2) is 0 Å². The van der Waals surface area contributed by atoms with Gasteiger partial charge in [-0.3, -0.25) is 0 Å². The molecule has 0 amide bonds. The van der Waals surface area contributed by atoms with Crippen LogP contribution in [0, 0.1) is 0 Å². The molecule has 0 atom stereocenters. The normalized spacial score (nSPS) is 31.7. The maximum absolute atomic E-state index is 3.76. The summed E-state index contributed by atoms with van der Waals surface area (Å²) in [6.45, 7) is 0. The third-order valence-electron chi connectivity index (χ3n) is 1.91. The van der Waals surface area contributed by atoms with Crippen LogP contribution in [0.5, 0.6) is 0 Å². The van der Waals surface area contributed by atoms with Crippen molar-refractivity contribution in [1.82, 2.24) is 14.8 Å². The number of alkyl halides is 1. The minimum absolute atomic E-state index is 0.678. The Hall–Kier alpha value is -0.130. The Balaban J connectivity index is 2.04. The zero-order chi connectivity index (χ0) is 6.97. The molecule has 1 heterocycles. The van der Waals surface area contributed by atoms with Gasteiger partial charge in [0.05, 0.1) is 0 Å². The molecule has 0 radical (unpaired) electrons. The molecule has 0 N–H and O–H groups in total. The summed E-state index contributed by atoms with van der Waals surface area (Å²) in [5.74, 6) is 0.